The predicted molar refractivity (Wildman–Crippen MR) is 95.2 cm³/mol. The largest absolute Gasteiger partial charge is 0.508 e. The van der Waals surface area contributed by atoms with Crippen molar-refractivity contribution < 1.29 is 9.52 Å². The van der Waals surface area contributed by atoms with Crippen LogP contribution < -0.4 is 11.5 Å². The number of rotatable bonds is 5. The lowest BCUT2D eigenvalue weighted by Crippen LogP contribution is -2.13. The van der Waals surface area contributed by atoms with Crippen molar-refractivity contribution in [3.05, 3.63) is 45.6 Å². The molecule has 0 aliphatic heterocycles. The maximum Gasteiger partial charge on any atom is 0.336 e. The second-order valence-corrected chi connectivity index (χ2v) is 7.14. The van der Waals surface area contributed by atoms with Gasteiger partial charge >= 0.3 is 5.63 Å². The highest BCUT2D eigenvalue weighted by molar-refractivity contribution is 7.98. The Hall–Kier alpha value is -2.48. The first-order valence-electron chi connectivity index (χ1n) is 8.18. The Balaban J connectivity index is 1.67. The van der Waals surface area contributed by atoms with Crippen LogP contribution in [-0.2, 0) is 12.2 Å². The number of nitrogens with two attached hydrogens (primary N) is 1. The molecular weight excluding hydrogens is 340 g/mol. The van der Waals surface area contributed by atoms with Gasteiger partial charge in [0.25, 0.3) is 0 Å². The van der Waals surface area contributed by atoms with Crippen molar-refractivity contribution in [1.29, 1.82) is 0 Å². The second-order valence-electron chi connectivity index (χ2n) is 6.20. The molecule has 130 valence electrons. The molecule has 1 aromatic carbocycles. The zero-order valence-electron chi connectivity index (χ0n) is 13.7. The average molecular weight is 358 g/mol. The topological polar surface area (TPSA) is 107 Å². The third-order valence-electron chi connectivity index (χ3n) is 4.40. The van der Waals surface area contributed by atoms with Crippen LogP contribution in [0, 0.1) is 0 Å². The van der Waals surface area contributed by atoms with E-state index < -0.39 is 5.63 Å². The van der Waals surface area contributed by atoms with Gasteiger partial charge in [-0.25, -0.2) is 9.47 Å². The smallest absolute Gasteiger partial charge is 0.336 e. The molecule has 0 atom stereocenters. The molecule has 25 heavy (non-hydrogen) atoms. The van der Waals surface area contributed by atoms with Gasteiger partial charge in [-0.05, 0) is 36.5 Å². The second kappa shape index (κ2) is 6.11. The van der Waals surface area contributed by atoms with Gasteiger partial charge in [-0.15, -0.1) is 10.2 Å². The van der Waals surface area contributed by atoms with Gasteiger partial charge in [0.05, 0.1) is 0 Å². The lowest BCUT2D eigenvalue weighted by atomic mass is 10.1. The molecule has 0 unspecified atom stereocenters. The van der Waals surface area contributed by atoms with Gasteiger partial charge in [0, 0.05) is 29.2 Å². The molecule has 7 nitrogen and oxygen atoms in total. The lowest BCUT2D eigenvalue weighted by Gasteiger charge is -2.08. The molecule has 1 aliphatic carbocycles. The summed E-state index contributed by atoms with van der Waals surface area (Å²) < 4.78 is 6.76. The highest BCUT2D eigenvalue weighted by atomic mass is 32.2. The molecular formula is C17H18N4O3S. The Morgan fingerprint density at radius 1 is 1.32 bits per heavy atom. The van der Waals surface area contributed by atoms with Crippen molar-refractivity contribution in [3.8, 4) is 5.75 Å². The third kappa shape index (κ3) is 2.97. The summed E-state index contributed by atoms with van der Waals surface area (Å²) in [5.41, 5.74) is 1.57. The maximum atomic E-state index is 11.8. The molecule has 8 heteroatoms. The lowest BCUT2D eigenvalue weighted by molar-refractivity contribution is 0.466. The summed E-state index contributed by atoms with van der Waals surface area (Å²) in [6, 6.07) is 4.84. The number of benzene rings is 1. The van der Waals surface area contributed by atoms with Crippen LogP contribution >= 0.6 is 11.8 Å². The third-order valence-corrected chi connectivity index (χ3v) is 5.39. The van der Waals surface area contributed by atoms with Crippen molar-refractivity contribution >= 4 is 22.7 Å². The van der Waals surface area contributed by atoms with Crippen LogP contribution in [0.1, 0.15) is 42.6 Å². The average Bonchev–Trinajstić information content (AvgIpc) is 3.35. The molecule has 0 spiro atoms. The molecule has 0 amide bonds. The summed E-state index contributed by atoms with van der Waals surface area (Å²) in [5, 5.41) is 19.7. The van der Waals surface area contributed by atoms with Gasteiger partial charge in [0.2, 0.25) is 5.16 Å². The van der Waals surface area contributed by atoms with Crippen molar-refractivity contribution in [1.82, 2.24) is 14.9 Å². The minimum absolute atomic E-state index is 0.138. The molecule has 3 N–H and O–H groups in total. The van der Waals surface area contributed by atoms with Crippen LogP contribution in [0.25, 0.3) is 11.0 Å². The fourth-order valence-corrected chi connectivity index (χ4v) is 3.71. The highest BCUT2D eigenvalue weighted by Crippen LogP contribution is 2.39. The van der Waals surface area contributed by atoms with E-state index >= 15 is 0 Å². The van der Waals surface area contributed by atoms with Gasteiger partial charge in [-0.3, -0.25) is 0 Å². The molecule has 1 saturated carbocycles. The van der Waals surface area contributed by atoms with E-state index in [2.05, 4.69) is 10.2 Å². The monoisotopic (exact) mass is 358 g/mol. The van der Waals surface area contributed by atoms with E-state index in [4.69, 9.17) is 10.3 Å². The summed E-state index contributed by atoms with van der Waals surface area (Å²) in [6.07, 6.45) is 2.90. The first-order chi connectivity index (χ1) is 12.1. The first kappa shape index (κ1) is 16.0. The summed E-state index contributed by atoms with van der Waals surface area (Å²) in [4.78, 5) is 11.8. The van der Waals surface area contributed by atoms with Crippen molar-refractivity contribution in [2.75, 3.05) is 5.84 Å². The van der Waals surface area contributed by atoms with Crippen LogP contribution in [0.3, 0.4) is 0 Å². The SMILES string of the molecule is CCc1cc2c(CSc3nnc(C4CC4)n3N)cc(=O)oc2cc1O. The van der Waals surface area contributed by atoms with Crippen LogP contribution in [0.4, 0.5) is 0 Å². The van der Waals surface area contributed by atoms with Crippen molar-refractivity contribution in [2.45, 2.75) is 43.0 Å². The van der Waals surface area contributed by atoms with Crippen LogP contribution in [0.15, 0.2) is 32.6 Å². The number of aryl methyl sites for hydroxylation is 1. The molecule has 1 fully saturated rings. The molecule has 0 bridgehead atoms. The fraction of sp³-hybridized carbons (Fsp3) is 0.353. The van der Waals surface area contributed by atoms with Gasteiger partial charge < -0.3 is 15.4 Å². The van der Waals surface area contributed by atoms with Gasteiger partial charge in [0.1, 0.15) is 11.3 Å². The van der Waals surface area contributed by atoms with E-state index in [9.17, 15) is 9.90 Å². The van der Waals surface area contributed by atoms with E-state index in [-0.39, 0.29) is 5.75 Å². The minimum atomic E-state index is -0.445. The van der Waals surface area contributed by atoms with Gasteiger partial charge in [0.15, 0.2) is 5.82 Å². The fourth-order valence-electron chi connectivity index (χ4n) is 2.86. The molecule has 0 radical (unpaired) electrons. The van der Waals surface area contributed by atoms with E-state index in [1.165, 1.54) is 23.9 Å². The molecule has 2 aromatic heterocycles. The van der Waals surface area contributed by atoms with Crippen LogP contribution in [0.5, 0.6) is 5.75 Å². The number of phenolic OH excluding ortho intramolecular Hbond substituents is 1. The number of hydrogen-bond acceptors (Lipinski definition) is 7. The van der Waals surface area contributed by atoms with Gasteiger partial charge in [-0.1, -0.05) is 18.7 Å². The predicted octanol–water partition coefficient (Wildman–Crippen LogP) is 2.54. The maximum absolute atomic E-state index is 11.8. The van der Waals surface area contributed by atoms with Crippen molar-refractivity contribution in [2.24, 2.45) is 0 Å². The Bertz CT molecular complexity index is 1010. The number of nitrogen functional groups attached to an aromatic ring is 1. The molecule has 4 rings (SSSR count). The van der Waals surface area contributed by atoms with E-state index in [1.54, 1.807) is 4.68 Å². The van der Waals surface area contributed by atoms with E-state index in [0.717, 1.165) is 35.2 Å². The number of aromatic hydroxyl groups is 1. The van der Waals surface area contributed by atoms with Crippen LogP contribution in [-0.4, -0.2) is 20.0 Å². The number of thioether (sulfide) groups is 1. The Labute approximate surface area is 147 Å². The molecule has 0 saturated heterocycles. The summed E-state index contributed by atoms with van der Waals surface area (Å²) in [5.74, 6) is 7.96. The number of aromatic nitrogens is 3. The van der Waals surface area contributed by atoms with E-state index in [1.807, 2.05) is 13.0 Å². The normalized spacial score (nSPS) is 14.3. The van der Waals surface area contributed by atoms with Gasteiger partial charge in [-0.2, -0.15) is 0 Å². The zero-order valence-corrected chi connectivity index (χ0v) is 14.5. The molecule has 2 heterocycles. The summed E-state index contributed by atoms with van der Waals surface area (Å²) >= 11 is 1.43. The molecule has 3 aromatic rings. The standard InChI is InChI=1S/C17H18N4O3S/c1-2-9-5-12-11(6-15(23)24-14(12)7-13(9)22)8-25-17-20-19-16(21(17)18)10-3-4-10/h5-7,10,22H,2-4,8,18H2,1H3. The summed E-state index contributed by atoms with van der Waals surface area (Å²) in [6.45, 7) is 1.96. The molecule has 1 aliphatic rings. The summed E-state index contributed by atoms with van der Waals surface area (Å²) in [7, 11) is 0. The van der Waals surface area contributed by atoms with Crippen molar-refractivity contribution in [3.63, 3.8) is 0 Å². The highest BCUT2D eigenvalue weighted by Gasteiger charge is 2.29. The number of phenols is 1. The quantitative estimate of drug-likeness (QED) is 0.410. The Morgan fingerprint density at radius 3 is 2.84 bits per heavy atom. The van der Waals surface area contributed by atoms with Crippen LogP contribution in [0.2, 0.25) is 0 Å². The number of fused-ring (bicyclic) bond motifs is 1. The van der Waals surface area contributed by atoms with E-state index in [0.29, 0.717) is 28.8 Å². The minimum Gasteiger partial charge on any atom is -0.508 e. The Morgan fingerprint density at radius 2 is 2.12 bits per heavy atom. The zero-order chi connectivity index (χ0) is 17.6. The Kier molecular flexibility index (Phi) is 3.91. The first-order valence-corrected chi connectivity index (χ1v) is 9.17. The number of nitrogens with zero attached hydrogens (tertiary/aromatic N) is 3. The number of hydrogen-bond donors (Lipinski definition) is 2.